The zero-order chi connectivity index (χ0) is 24.5. The molecule has 1 aliphatic rings. The zero-order valence-electron chi connectivity index (χ0n) is 18.9. The maximum absolute atomic E-state index is 12.9. The van der Waals surface area contributed by atoms with Crippen LogP contribution in [0.3, 0.4) is 0 Å². The summed E-state index contributed by atoms with van der Waals surface area (Å²) < 4.78 is 11.2. The second-order valence-electron chi connectivity index (χ2n) is 8.42. The van der Waals surface area contributed by atoms with Crippen LogP contribution in [-0.2, 0) is 14.6 Å². The van der Waals surface area contributed by atoms with Gasteiger partial charge in [-0.3, -0.25) is 9.59 Å². The summed E-state index contributed by atoms with van der Waals surface area (Å²) in [7, 11) is 17.9. The van der Waals surface area contributed by atoms with Gasteiger partial charge in [0.2, 0.25) is 0 Å². The Hall–Kier alpha value is -2.97. The minimum absolute atomic E-state index is 0.191. The van der Waals surface area contributed by atoms with Crippen LogP contribution in [0, 0.1) is 0 Å². The molecule has 6 radical (unpaired) electrons. The Balaban J connectivity index is 1.67. The SMILES string of the molecule is [B]C([B])([B])c1ccccc1-c1c[nH]c(=O)c2cc(O[C@H](C)C(=O)N3CCOC[C@@H]3CO)ccc12. The van der Waals surface area contributed by atoms with Crippen molar-refractivity contribution in [3.63, 3.8) is 0 Å². The van der Waals surface area contributed by atoms with E-state index in [9.17, 15) is 14.7 Å². The summed E-state index contributed by atoms with van der Waals surface area (Å²) in [6, 6.07) is 11.8. The molecule has 2 N–H and O–H groups in total. The lowest BCUT2D eigenvalue weighted by Gasteiger charge is -2.35. The third kappa shape index (κ3) is 4.79. The molecular weight excluding hydrogens is 429 g/mol. The first-order valence-corrected chi connectivity index (χ1v) is 11.0. The van der Waals surface area contributed by atoms with E-state index in [0.717, 1.165) is 0 Å². The normalized spacial score (nSPS) is 17.5. The highest BCUT2D eigenvalue weighted by molar-refractivity contribution is 6.59. The summed E-state index contributed by atoms with van der Waals surface area (Å²) in [5, 5.41) is 9.01. The Kier molecular flexibility index (Phi) is 6.91. The Morgan fingerprint density at radius 1 is 1.24 bits per heavy atom. The van der Waals surface area contributed by atoms with Crippen LogP contribution in [0.1, 0.15) is 12.5 Å². The van der Waals surface area contributed by atoms with Crippen molar-refractivity contribution in [1.29, 1.82) is 0 Å². The number of H-pyrrole nitrogens is 1. The lowest BCUT2D eigenvalue weighted by molar-refractivity contribution is -0.148. The summed E-state index contributed by atoms with van der Waals surface area (Å²) in [6.45, 7) is 2.50. The van der Waals surface area contributed by atoms with Crippen LogP contribution < -0.4 is 10.3 Å². The Morgan fingerprint density at radius 2 is 2.00 bits per heavy atom. The molecule has 0 unspecified atom stereocenters. The summed E-state index contributed by atoms with van der Waals surface area (Å²) in [5.41, 5.74) is 1.60. The van der Waals surface area contributed by atoms with Gasteiger partial charge in [-0.05, 0) is 36.1 Å². The van der Waals surface area contributed by atoms with Crippen molar-refractivity contribution in [1.82, 2.24) is 9.88 Å². The largest absolute Gasteiger partial charge is 0.481 e. The monoisotopic (exact) mass is 452 g/mol. The molecule has 0 bridgehead atoms. The number of hydrogen-bond acceptors (Lipinski definition) is 5. The second-order valence-corrected chi connectivity index (χ2v) is 8.42. The summed E-state index contributed by atoms with van der Waals surface area (Å²) in [4.78, 5) is 29.9. The molecule has 1 saturated heterocycles. The number of morpholine rings is 1. The lowest BCUT2D eigenvalue weighted by Crippen LogP contribution is -2.54. The lowest BCUT2D eigenvalue weighted by atomic mass is 9.39. The molecule has 3 aromatic rings. The van der Waals surface area contributed by atoms with Gasteiger partial charge in [0.05, 0.1) is 54.8 Å². The molecule has 2 heterocycles. The van der Waals surface area contributed by atoms with Crippen LogP contribution in [0.4, 0.5) is 0 Å². The number of rotatable bonds is 6. The minimum atomic E-state index is -1.57. The van der Waals surface area contributed by atoms with Crippen molar-refractivity contribution < 1.29 is 19.4 Å². The molecule has 2 aromatic carbocycles. The number of aliphatic hydroxyl groups excluding tert-OH is 1. The molecular formula is C24H23B3N2O5. The third-order valence-electron chi connectivity index (χ3n) is 5.94. The molecule has 34 heavy (non-hydrogen) atoms. The van der Waals surface area contributed by atoms with Gasteiger partial charge in [0.1, 0.15) is 5.75 Å². The molecule has 1 aromatic heterocycles. The minimum Gasteiger partial charge on any atom is -0.481 e. The van der Waals surface area contributed by atoms with E-state index in [2.05, 4.69) is 4.98 Å². The average Bonchev–Trinajstić information content (AvgIpc) is 2.83. The number of hydrogen-bond donors (Lipinski definition) is 2. The summed E-state index contributed by atoms with van der Waals surface area (Å²) >= 11 is 0. The highest BCUT2D eigenvalue weighted by Crippen LogP contribution is 2.33. The Bertz CT molecular complexity index is 1260. The molecule has 0 saturated carbocycles. The third-order valence-corrected chi connectivity index (χ3v) is 5.94. The number of fused-ring (bicyclic) bond motifs is 1. The number of carbonyl (C=O) groups excluding carboxylic acids is 1. The van der Waals surface area contributed by atoms with Crippen molar-refractivity contribution in [2.75, 3.05) is 26.4 Å². The highest BCUT2D eigenvalue weighted by Gasteiger charge is 2.31. The number of pyridine rings is 1. The Labute approximate surface area is 201 Å². The van der Waals surface area contributed by atoms with E-state index in [1.165, 1.54) is 0 Å². The fourth-order valence-electron chi connectivity index (χ4n) is 4.22. The maximum Gasteiger partial charge on any atom is 0.263 e. The predicted molar refractivity (Wildman–Crippen MR) is 132 cm³/mol. The van der Waals surface area contributed by atoms with Crippen LogP contribution in [0.25, 0.3) is 21.9 Å². The molecule has 0 aliphatic carbocycles. The van der Waals surface area contributed by atoms with E-state index >= 15 is 0 Å². The van der Waals surface area contributed by atoms with Gasteiger partial charge in [-0.15, -0.1) is 5.11 Å². The summed E-state index contributed by atoms with van der Waals surface area (Å²) in [5.74, 6) is 0.105. The molecule has 2 atom stereocenters. The van der Waals surface area contributed by atoms with Gasteiger partial charge in [-0.25, -0.2) is 0 Å². The standard InChI is InChI=1S/C24H23B3N2O5/c1-14(23(32)29-8-9-33-13-15(29)12-30)34-16-6-7-17-19(10-16)22(31)28-11-20(17)18-4-2-3-5-21(18)24(25,26)27/h2-7,10-11,14-15,30H,8-9,12-13H2,1H3,(H,28,31)/t14-,15+/m1/s1. The highest BCUT2D eigenvalue weighted by atomic mass is 16.5. The van der Waals surface area contributed by atoms with Gasteiger partial charge in [0.15, 0.2) is 6.10 Å². The number of aromatic amines is 1. The number of aliphatic hydroxyl groups is 1. The number of benzene rings is 2. The van der Waals surface area contributed by atoms with Crippen molar-refractivity contribution in [2.24, 2.45) is 0 Å². The smallest absolute Gasteiger partial charge is 0.263 e. The van der Waals surface area contributed by atoms with E-state index in [4.69, 9.17) is 33.0 Å². The number of ether oxygens (including phenoxy) is 2. The number of amides is 1. The molecule has 10 heteroatoms. The number of aromatic nitrogens is 1. The first kappa shape index (κ1) is 24.2. The van der Waals surface area contributed by atoms with E-state index in [0.29, 0.717) is 46.4 Å². The first-order valence-electron chi connectivity index (χ1n) is 11.0. The fourth-order valence-corrected chi connectivity index (χ4v) is 4.22. The number of nitrogens with zero attached hydrogens (tertiary/aromatic N) is 1. The van der Waals surface area contributed by atoms with E-state index in [1.54, 1.807) is 48.4 Å². The van der Waals surface area contributed by atoms with E-state index in [-0.39, 0.29) is 24.7 Å². The molecule has 7 nitrogen and oxygen atoms in total. The number of nitrogens with one attached hydrogen (secondary N) is 1. The van der Waals surface area contributed by atoms with Crippen molar-refractivity contribution in [2.45, 2.75) is 24.2 Å². The molecule has 1 amide bonds. The van der Waals surface area contributed by atoms with Crippen molar-refractivity contribution in [3.8, 4) is 16.9 Å². The van der Waals surface area contributed by atoms with Crippen LogP contribution in [0.15, 0.2) is 53.5 Å². The number of carbonyl (C=O) groups is 1. The van der Waals surface area contributed by atoms with Gasteiger partial charge in [-0.2, -0.15) is 0 Å². The van der Waals surface area contributed by atoms with Crippen molar-refractivity contribution in [3.05, 3.63) is 64.6 Å². The molecule has 0 spiro atoms. The first-order chi connectivity index (χ1) is 16.2. The summed E-state index contributed by atoms with van der Waals surface area (Å²) in [6.07, 6.45) is 0.773. The Morgan fingerprint density at radius 3 is 2.74 bits per heavy atom. The van der Waals surface area contributed by atoms with Gasteiger partial charge in [0.25, 0.3) is 11.5 Å². The van der Waals surface area contributed by atoms with Gasteiger partial charge < -0.3 is 24.5 Å². The topological polar surface area (TPSA) is 91.9 Å². The van der Waals surface area contributed by atoms with Crippen molar-refractivity contribution >= 4 is 40.2 Å². The quantitative estimate of drug-likeness (QED) is 0.541. The van der Waals surface area contributed by atoms with Gasteiger partial charge >= 0.3 is 0 Å². The van der Waals surface area contributed by atoms with Gasteiger partial charge in [-0.1, -0.05) is 29.8 Å². The van der Waals surface area contributed by atoms with Crippen LogP contribution in [0.2, 0.25) is 0 Å². The predicted octanol–water partition coefficient (Wildman–Crippen LogP) is 0.798. The van der Waals surface area contributed by atoms with E-state index in [1.807, 2.05) is 12.1 Å². The van der Waals surface area contributed by atoms with Gasteiger partial charge in [0, 0.05) is 18.3 Å². The van der Waals surface area contributed by atoms with Crippen LogP contribution in [0.5, 0.6) is 5.75 Å². The maximum atomic E-state index is 12.9. The zero-order valence-corrected chi connectivity index (χ0v) is 18.9. The van der Waals surface area contributed by atoms with E-state index < -0.39 is 17.3 Å². The fraction of sp³-hybridized carbons (Fsp3) is 0.333. The molecule has 1 aliphatic heterocycles. The molecule has 1 fully saturated rings. The second kappa shape index (κ2) is 9.72. The van der Waals surface area contributed by atoms with Crippen LogP contribution in [-0.4, -0.2) is 82.9 Å². The average molecular weight is 452 g/mol. The van der Waals surface area contributed by atoms with Crippen LogP contribution >= 0.6 is 0 Å². The molecule has 4 rings (SSSR count). The molecule has 168 valence electrons.